The van der Waals surface area contributed by atoms with Gasteiger partial charge in [0.2, 0.25) is 5.88 Å². The molecule has 4 heterocycles. The zero-order valence-corrected chi connectivity index (χ0v) is 22.8. The maximum Gasteiger partial charge on any atom is 0.416 e. The highest BCUT2D eigenvalue weighted by molar-refractivity contribution is 6.02. The minimum Gasteiger partial charge on any atom is -0.481 e. The molecule has 6 aromatic rings. The number of fused-ring (bicyclic) bond motifs is 1. The van der Waals surface area contributed by atoms with Crippen molar-refractivity contribution in [2.75, 3.05) is 17.7 Å². The molecule has 4 aromatic heterocycles. The van der Waals surface area contributed by atoms with Crippen molar-refractivity contribution < 1.29 is 27.4 Å². The van der Waals surface area contributed by atoms with E-state index in [0.29, 0.717) is 22.8 Å². The normalized spacial score (nSPS) is 11.3. The number of rotatable bonds is 7. The quantitative estimate of drug-likeness (QED) is 0.208. The summed E-state index contributed by atoms with van der Waals surface area (Å²) >= 11 is 0. The average Bonchev–Trinajstić information content (AvgIpc) is 3.46. The van der Waals surface area contributed by atoms with Crippen LogP contribution in [0.4, 0.5) is 29.3 Å². The van der Waals surface area contributed by atoms with Crippen LogP contribution in [0.3, 0.4) is 0 Å². The van der Waals surface area contributed by atoms with Gasteiger partial charge in [0, 0.05) is 41.3 Å². The number of nitrogens with one attached hydrogen (secondary N) is 2. The first-order chi connectivity index (χ1) is 21.3. The van der Waals surface area contributed by atoms with Gasteiger partial charge in [-0.15, -0.1) is 0 Å². The highest BCUT2D eigenvalue weighted by atomic mass is 19.4. The smallest absolute Gasteiger partial charge is 0.416 e. The molecule has 0 unspecified atom stereocenters. The molecule has 0 aliphatic rings. The lowest BCUT2D eigenvalue weighted by molar-refractivity contribution is -0.137. The highest BCUT2D eigenvalue weighted by Gasteiger charge is 2.31. The van der Waals surface area contributed by atoms with Crippen LogP contribution < -0.4 is 20.1 Å². The number of benzene rings is 2. The van der Waals surface area contributed by atoms with E-state index in [1.54, 1.807) is 54.4 Å². The molecule has 2 aromatic carbocycles. The second kappa shape index (κ2) is 11.7. The predicted octanol–water partition coefficient (Wildman–Crippen LogP) is 6.71. The summed E-state index contributed by atoms with van der Waals surface area (Å²) in [7, 11) is 1.55. The van der Waals surface area contributed by atoms with E-state index in [2.05, 4.69) is 35.7 Å². The van der Waals surface area contributed by atoms with Gasteiger partial charge in [-0.1, -0.05) is 18.2 Å². The molecule has 44 heavy (non-hydrogen) atoms. The van der Waals surface area contributed by atoms with Crippen molar-refractivity contribution in [3.8, 4) is 39.9 Å². The van der Waals surface area contributed by atoms with Gasteiger partial charge in [0.1, 0.15) is 5.75 Å². The summed E-state index contributed by atoms with van der Waals surface area (Å²) in [4.78, 5) is 29.4. The van der Waals surface area contributed by atoms with Crippen molar-refractivity contribution in [1.29, 1.82) is 0 Å². The lowest BCUT2D eigenvalue weighted by Gasteiger charge is -2.15. The second-order valence-electron chi connectivity index (χ2n) is 9.26. The minimum absolute atomic E-state index is 0.0349. The molecule has 11 nitrogen and oxygen atoms in total. The largest absolute Gasteiger partial charge is 0.481 e. The number of aromatic nitrogens is 6. The second-order valence-corrected chi connectivity index (χ2v) is 9.26. The fourth-order valence-electron chi connectivity index (χ4n) is 4.29. The topological polar surface area (TPSA) is 128 Å². The van der Waals surface area contributed by atoms with E-state index >= 15 is 0 Å². The molecular formula is C30H21F3N8O3. The summed E-state index contributed by atoms with van der Waals surface area (Å²) in [6.45, 7) is 0. The van der Waals surface area contributed by atoms with Crippen molar-refractivity contribution in [2.24, 2.45) is 0 Å². The molecule has 0 bridgehead atoms. The Morgan fingerprint density at radius 1 is 0.886 bits per heavy atom. The Morgan fingerprint density at radius 3 is 2.39 bits per heavy atom. The standard InChI is InChI=1S/C30H21F3N8O3/c1-43-26-10-12-41-27(40-26)24(17-37-41)18-4-7-22(8-5-18)44-29-35-15-21(16-36-29)38-28(42)39-25-9-6-20(30(31,32)33)13-23(25)19-3-2-11-34-14-19/h2-17H,1H3,(H2,38,39,42). The summed E-state index contributed by atoms with van der Waals surface area (Å²) in [6.07, 6.45) is 4.50. The van der Waals surface area contributed by atoms with Crippen LogP contribution in [-0.4, -0.2) is 42.7 Å². The van der Waals surface area contributed by atoms with Gasteiger partial charge in [-0.3, -0.25) is 4.98 Å². The lowest BCUT2D eigenvalue weighted by atomic mass is 10.0. The van der Waals surface area contributed by atoms with Crippen LogP contribution in [-0.2, 0) is 6.18 Å². The molecule has 0 saturated heterocycles. The number of anilines is 2. The lowest BCUT2D eigenvalue weighted by Crippen LogP contribution is -2.20. The number of alkyl halides is 3. The summed E-state index contributed by atoms with van der Waals surface area (Å²) in [5.41, 5.74) is 2.41. The third-order valence-corrected chi connectivity index (χ3v) is 6.38. The van der Waals surface area contributed by atoms with E-state index < -0.39 is 17.8 Å². The van der Waals surface area contributed by atoms with E-state index in [0.717, 1.165) is 23.3 Å². The third kappa shape index (κ3) is 6.09. The third-order valence-electron chi connectivity index (χ3n) is 6.38. The van der Waals surface area contributed by atoms with Crippen molar-refractivity contribution in [3.63, 3.8) is 0 Å². The Hall–Kier alpha value is -6.05. The van der Waals surface area contributed by atoms with Crippen LogP contribution in [0.2, 0.25) is 0 Å². The molecule has 0 aliphatic carbocycles. The van der Waals surface area contributed by atoms with Gasteiger partial charge in [0.25, 0.3) is 0 Å². The highest BCUT2D eigenvalue weighted by Crippen LogP contribution is 2.36. The van der Waals surface area contributed by atoms with E-state index in [1.807, 2.05) is 12.1 Å². The van der Waals surface area contributed by atoms with Crippen LogP contribution in [0.5, 0.6) is 17.6 Å². The molecule has 0 fully saturated rings. The first-order valence-electron chi connectivity index (χ1n) is 13.0. The van der Waals surface area contributed by atoms with E-state index in [9.17, 15) is 18.0 Å². The molecule has 14 heteroatoms. The van der Waals surface area contributed by atoms with Gasteiger partial charge in [-0.05, 0) is 42.0 Å². The van der Waals surface area contributed by atoms with Crippen LogP contribution in [0, 0.1) is 0 Å². The Kier molecular flexibility index (Phi) is 7.45. The number of carbonyl (C=O) groups excluding carboxylic acids is 1. The fraction of sp³-hybridized carbons (Fsp3) is 0.0667. The maximum absolute atomic E-state index is 13.3. The molecule has 0 atom stereocenters. The Labute approximate surface area is 247 Å². The van der Waals surface area contributed by atoms with Crippen molar-refractivity contribution in [2.45, 2.75) is 6.18 Å². The van der Waals surface area contributed by atoms with Gasteiger partial charge < -0.3 is 20.1 Å². The number of pyridine rings is 1. The van der Waals surface area contributed by atoms with Crippen LogP contribution in [0.1, 0.15) is 5.56 Å². The van der Waals surface area contributed by atoms with Crippen LogP contribution >= 0.6 is 0 Å². The first-order valence-corrected chi connectivity index (χ1v) is 13.0. The number of urea groups is 1. The Bertz CT molecular complexity index is 1930. The molecule has 0 radical (unpaired) electrons. The zero-order chi connectivity index (χ0) is 30.7. The number of nitrogens with zero attached hydrogens (tertiary/aromatic N) is 6. The molecule has 6 rings (SSSR count). The zero-order valence-electron chi connectivity index (χ0n) is 22.8. The molecule has 2 N–H and O–H groups in total. The number of methoxy groups -OCH3 is 1. The number of halogens is 3. The van der Waals surface area contributed by atoms with Gasteiger partial charge in [-0.2, -0.15) is 23.3 Å². The summed E-state index contributed by atoms with van der Waals surface area (Å²) in [5.74, 6) is 0.945. The van der Waals surface area contributed by atoms with Crippen LogP contribution in [0.15, 0.2) is 97.8 Å². The molecule has 0 spiro atoms. The molecular weight excluding hydrogens is 577 g/mol. The summed E-state index contributed by atoms with van der Waals surface area (Å²) in [6, 6.07) is 14.4. The summed E-state index contributed by atoms with van der Waals surface area (Å²) in [5, 5.41) is 9.45. The number of carbonyl (C=O) groups is 1. The number of amides is 2. The van der Waals surface area contributed by atoms with Gasteiger partial charge in [0.15, 0.2) is 5.65 Å². The van der Waals surface area contributed by atoms with Gasteiger partial charge in [0.05, 0.1) is 42.6 Å². The number of hydrogen-bond donors (Lipinski definition) is 2. The molecule has 0 saturated carbocycles. The van der Waals surface area contributed by atoms with Crippen molar-refractivity contribution in [3.05, 3.63) is 103 Å². The average molecular weight is 599 g/mol. The fourth-order valence-corrected chi connectivity index (χ4v) is 4.29. The monoisotopic (exact) mass is 598 g/mol. The van der Waals surface area contributed by atoms with Gasteiger partial charge >= 0.3 is 18.2 Å². The van der Waals surface area contributed by atoms with Crippen LogP contribution in [0.25, 0.3) is 27.9 Å². The van der Waals surface area contributed by atoms with E-state index in [4.69, 9.17) is 9.47 Å². The molecule has 0 aliphatic heterocycles. The van der Waals surface area contributed by atoms with Gasteiger partial charge in [-0.25, -0.2) is 19.3 Å². The van der Waals surface area contributed by atoms with Crippen molar-refractivity contribution in [1.82, 2.24) is 29.5 Å². The van der Waals surface area contributed by atoms with Crippen molar-refractivity contribution >= 4 is 23.1 Å². The Balaban J connectivity index is 1.11. The first kappa shape index (κ1) is 28.1. The molecule has 220 valence electrons. The molecule has 2 amide bonds. The number of hydrogen-bond acceptors (Lipinski definition) is 8. The van der Waals surface area contributed by atoms with E-state index in [-0.39, 0.29) is 22.9 Å². The number of ether oxygens (including phenoxy) is 2. The maximum atomic E-state index is 13.3. The van der Waals surface area contributed by atoms with E-state index in [1.165, 1.54) is 30.9 Å². The minimum atomic E-state index is -4.55. The predicted molar refractivity (Wildman–Crippen MR) is 154 cm³/mol. The summed E-state index contributed by atoms with van der Waals surface area (Å²) < 4.78 is 52.6. The Morgan fingerprint density at radius 2 is 1.68 bits per heavy atom. The SMILES string of the molecule is COc1ccn2ncc(-c3ccc(Oc4ncc(NC(=O)Nc5ccc(C(F)(F)F)cc5-c5cccnc5)cn4)cc3)c2n1.